The number of amides is 1. The van der Waals surface area contributed by atoms with Crippen LogP contribution >= 0.6 is 0 Å². The van der Waals surface area contributed by atoms with Gasteiger partial charge in [-0.3, -0.25) is 9.59 Å². The van der Waals surface area contributed by atoms with Crippen LogP contribution in [-0.2, 0) is 9.59 Å². The van der Waals surface area contributed by atoms with Crippen LogP contribution in [0.3, 0.4) is 0 Å². The first-order chi connectivity index (χ1) is 8.88. The molecule has 0 aliphatic carbocycles. The van der Waals surface area contributed by atoms with E-state index in [2.05, 4.69) is 0 Å². The summed E-state index contributed by atoms with van der Waals surface area (Å²) in [6, 6.07) is -0.522. The number of hydrogen-bond donors (Lipinski definition) is 2. The Bertz CT molecular complexity index is 346. The summed E-state index contributed by atoms with van der Waals surface area (Å²) in [6.07, 6.45) is 2.77. The third-order valence-electron chi connectivity index (χ3n) is 4.56. The van der Waals surface area contributed by atoms with E-state index in [0.29, 0.717) is 25.9 Å². The largest absolute Gasteiger partial charge is 0.481 e. The van der Waals surface area contributed by atoms with Crippen LogP contribution in [0.25, 0.3) is 0 Å². The molecule has 1 saturated heterocycles. The van der Waals surface area contributed by atoms with Crippen LogP contribution in [0.2, 0.25) is 0 Å². The normalized spacial score (nSPS) is 26.8. The van der Waals surface area contributed by atoms with Crippen molar-refractivity contribution in [3.05, 3.63) is 0 Å². The number of hydrogen-bond acceptors (Lipinski definition) is 3. The second-order valence-corrected chi connectivity index (χ2v) is 5.71. The molecule has 0 bridgehead atoms. The van der Waals surface area contributed by atoms with E-state index in [4.69, 9.17) is 5.73 Å². The van der Waals surface area contributed by atoms with Gasteiger partial charge in [-0.05, 0) is 25.2 Å². The van der Waals surface area contributed by atoms with Crippen LogP contribution < -0.4 is 5.73 Å². The Morgan fingerprint density at radius 2 is 2.05 bits per heavy atom. The minimum atomic E-state index is -0.801. The number of carbonyl (C=O) groups is 2. The fraction of sp³-hybridized carbons (Fsp3) is 0.857. The molecule has 1 aliphatic rings. The molecule has 0 aromatic carbocycles. The van der Waals surface area contributed by atoms with Crippen LogP contribution in [0, 0.1) is 11.3 Å². The fourth-order valence-electron chi connectivity index (χ4n) is 2.64. The van der Waals surface area contributed by atoms with Gasteiger partial charge in [0.25, 0.3) is 0 Å². The summed E-state index contributed by atoms with van der Waals surface area (Å²) in [7, 11) is 0. The maximum Gasteiger partial charge on any atom is 0.311 e. The first-order valence-corrected chi connectivity index (χ1v) is 7.15. The van der Waals surface area contributed by atoms with Crippen molar-refractivity contribution in [3.8, 4) is 0 Å². The van der Waals surface area contributed by atoms with E-state index >= 15 is 0 Å². The highest BCUT2D eigenvalue weighted by atomic mass is 16.4. The Morgan fingerprint density at radius 3 is 2.53 bits per heavy atom. The highest BCUT2D eigenvalue weighted by Crippen LogP contribution is 2.34. The van der Waals surface area contributed by atoms with E-state index in [1.54, 1.807) is 4.90 Å². The second kappa shape index (κ2) is 6.37. The molecule has 2 unspecified atom stereocenters. The van der Waals surface area contributed by atoms with E-state index < -0.39 is 17.4 Å². The molecule has 1 heterocycles. The average Bonchev–Trinajstić information content (AvgIpc) is 2.44. The molecule has 0 radical (unpaired) electrons. The lowest BCUT2D eigenvalue weighted by Gasteiger charge is -2.40. The number of piperidine rings is 1. The van der Waals surface area contributed by atoms with Crippen molar-refractivity contribution in [2.75, 3.05) is 13.1 Å². The molecule has 5 nitrogen and oxygen atoms in total. The van der Waals surface area contributed by atoms with Gasteiger partial charge in [-0.1, -0.05) is 27.2 Å². The van der Waals surface area contributed by atoms with Crippen molar-refractivity contribution in [1.29, 1.82) is 0 Å². The molecule has 0 saturated carbocycles. The number of likely N-dealkylation sites (tertiary alicyclic amines) is 1. The van der Waals surface area contributed by atoms with Gasteiger partial charge in [0.15, 0.2) is 0 Å². The number of rotatable bonds is 5. The number of nitrogens with zero attached hydrogens (tertiary/aromatic N) is 1. The minimum absolute atomic E-state index is 0.104. The first kappa shape index (κ1) is 16.0. The van der Waals surface area contributed by atoms with Gasteiger partial charge in [0, 0.05) is 13.1 Å². The molecular weight excluding hydrogens is 244 g/mol. The lowest BCUT2D eigenvalue weighted by atomic mass is 9.77. The predicted octanol–water partition coefficient (Wildman–Crippen LogP) is 1.46. The van der Waals surface area contributed by atoms with Gasteiger partial charge >= 0.3 is 5.97 Å². The molecule has 0 spiro atoms. The van der Waals surface area contributed by atoms with Crippen LogP contribution in [0.1, 0.15) is 46.5 Å². The Labute approximate surface area is 115 Å². The zero-order valence-corrected chi connectivity index (χ0v) is 12.2. The maximum absolute atomic E-state index is 12.3. The number of nitrogens with two attached hydrogens (primary N) is 1. The minimum Gasteiger partial charge on any atom is -0.481 e. The molecule has 3 N–H and O–H groups in total. The quantitative estimate of drug-likeness (QED) is 0.792. The van der Waals surface area contributed by atoms with E-state index in [-0.39, 0.29) is 11.8 Å². The standard InChI is InChI=1S/C14H26N2O3/c1-4-10(3)11(15)12(17)16-8-6-7-14(5-2,9-16)13(18)19/h10-11H,4-9,15H2,1-3H3,(H,18,19)/t10?,11-,14?/m0/s1. The summed E-state index contributed by atoms with van der Waals surface area (Å²) in [5.74, 6) is -0.784. The third-order valence-corrected chi connectivity index (χ3v) is 4.56. The number of carbonyl (C=O) groups excluding carboxylic acids is 1. The second-order valence-electron chi connectivity index (χ2n) is 5.71. The van der Waals surface area contributed by atoms with Crippen molar-refractivity contribution < 1.29 is 14.7 Å². The number of carboxylic acids is 1. The Morgan fingerprint density at radius 1 is 1.42 bits per heavy atom. The molecule has 110 valence electrons. The fourth-order valence-corrected chi connectivity index (χ4v) is 2.64. The van der Waals surface area contributed by atoms with Crippen LogP contribution in [-0.4, -0.2) is 41.0 Å². The summed E-state index contributed by atoms with van der Waals surface area (Å²) in [5, 5.41) is 9.41. The summed E-state index contributed by atoms with van der Waals surface area (Å²) in [5.41, 5.74) is 5.18. The van der Waals surface area contributed by atoms with Crippen molar-refractivity contribution in [1.82, 2.24) is 4.90 Å². The average molecular weight is 270 g/mol. The van der Waals surface area contributed by atoms with Gasteiger partial charge in [-0.15, -0.1) is 0 Å². The van der Waals surface area contributed by atoms with E-state index in [1.165, 1.54) is 0 Å². The van der Waals surface area contributed by atoms with Crippen LogP contribution in [0.4, 0.5) is 0 Å². The van der Waals surface area contributed by atoms with Crippen molar-refractivity contribution in [2.24, 2.45) is 17.1 Å². The zero-order chi connectivity index (χ0) is 14.6. The molecule has 19 heavy (non-hydrogen) atoms. The summed E-state index contributed by atoms with van der Waals surface area (Å²) in [4.78, 5) is 25.4. The molecule has 1 rings (SSSR count). The highest BCUT2D eigenvalue weighted by molar-refractivity contribution is 5.83. The number of carboxylic acid groups (broad SMARTS) is 1. The van der Waals surface area contributed by atoms with E-state index in [9.17, 15) is 14.7 Å². The van der Waals surface area contributed by atoms with Crippen molar-refractivity contribution in [2.45, 2.75) is 52.5 Å². The molecular formula is C14H26N2O3. The Hall–Kier alpha value is -1.10. The monoisotopic (exact) mass is 270 g/mol. The molecule has 3 atom stereocenters. The van der Waals surface area contributed by atoms with Crippen LogP contribution in [0.15, 0.2) is 0 Å². The molecule has 1 amide bonds. The summed E-state index contributed by atoms with van der Waals surface area (Å²) >= 11 is 0. The third kappa shape index (κ3) is 3.26. The van der Waals surface area contributed by atoms with Gasteiger partial charge in [0.1, 0.15) is 0 Å². The van der Waals surface area contributed by atoms with E-state index in [1.807, 2.05) is 20.8 Å². The molecule has 0 aromatic heterocycles. The summed E-state index contributed by atoms with van der Waals surface area (Å²) in [6.45, 7) is 6.74. The van der Waals surface area contributed by atoms with Crippen molar-refractivity contribution in [3.63, 3.8) is 0 Å². The Balaban J connectivity index is 2.79. The van der Waals surface area contributed by atoms with Gasteiger partial charge in [-0.25, -0.2) is 0 Å². The molecule has 5 heteroatoms. The van der Waals surface area contributed by atoms with Gasteiger partial charge < -0.3 is 15.7 Å². The predicted molar refractivity (Wildman–Crippen MR) is 73.6 cm³/mol. The lowest BCUT2D eigenvalue weighted by molar-refractivity contribution is -0.155. The SMILES string of the molecule is CCC(C)[C@H](N)C(=O)N1CCCC(CC)(C(=O)O)C1. The number of aliphatic carboxylic acids is 1. The topological polar surface area (TPSA) is 83.6 Å². The van der Waals surface area contributed by atoms with Gasteiger partial charge in [0.05, 0.1) is 11.5 Å². The summed E-state index contributed by atoms with van der Waals surface area (Å²) < 4.78 is 0. The molecule has 1 fully saturated rings. The maximum atomic E-state index is 12.3. The highest BCUT2D eigenvalue weighted by Gasteiger charge is 2.43. The lowest BCUT2D eigenvalue weighted by Crippen LogP contribution is -2.55. The van der Waals surface area contributed by atoms with Gasteiger partial charge in [0.2, 0.25) is 5.91 Å². The molecule has 1 aliphatic heterocycles. The molecule has 0 aromatic rings. The smallest absolute Gasteiger partial charge is 0.311 e. The Kier molecular flexibility index (Phi) is 5.35. The van der Waals surface area contributed by atoms with Gasteiger partial charge in [-0.2, -0.15) is 0 Å². The first-order valence-electron chi connectivity index (χ1n) is 7.15. The van der Waals surface area contributed by atoms with Crippen molar-refractivity contribution >= 4 is 11.9 Å². The zero-order valence-electron chi connectivity index (χ0n) is 12.2. The van der Waals surface area contributed by atoms with Crippen LogP contribution in [0.5, 0.6) is 0 Å². The van der Waals surface area contributed by atoms with E-state index in [0.717, 1.165) is 12.8 Å².